The van der Waals surface area contributed by atoms with E-state index in [2.05, 4.69) is 39.3 Å². The number of aromatic amines is 1. The molecule has 122 valence electrons. The fourth-order valence-corrected chi connectivity index (χ4v) is 2.44. The first-order chi connectivity index (χ1) is 11.8. The highest BCUT2D eigenvalue weighted by Gasteiger charge is 2.08. The van der Waals surface area contributed by atoms with Crippen LogP contribution in [-0.4, -0.2) is 23.4 Å². The zero-order valence-corrected chi connectivity index (χ0v) is 13.7. The average molecular weight is 320 g/mol. The second kappa shape index (κ2) is 7.46. The van der Waals surface area contributed by atoms with Crippen LogP contribution in [0, 0.1) is 0 Å². The topological polar surface area (TPSA) is 62.3 Å². The molecule has 1 atom stereocenters. The number of ether oxygens (including phenoxy) is 1. The Hall–Kier alpha value is -3.08. The molecule has 2 N–H and O–H groups in total. The summed E-state index contributed by atoms with van der Waals surface area (Å²) in [5, 5.41) is 3.16. The standard InChI is InChI=1S/C19H20N4O/c1-14(15-7-4-3-5-8-15)22-13-23-18-11-16(12-21-18)17-9-6-10-20-19(17)24-2/h3-14,21H,1-2H3,(H,22,23). The van der Waals surface area contributed by atoms with E-state index in [1.54, 1.807) is 19.6 Å². The summed E-state index contributed by atoms with van der Waals surface area (Å²) in [6.07, 6.45) is 5.34. The monoisotopic (exact) mass is 320 g/mol. The minimum atomic E-state index is 0.103. The molecule has 0 aliphatic rings. The normalized spacial score (nSPS) is 12.2. The molecule has 1 unspecified atom stereocenters. The fraction of sp³-hybridized carbons (Fsp3) is 0.158. The van der Waals surface area contributed by atoms with E-state index in [0.717, 1.165) is 16.9 Å². The summed E-state index contributed by atoms with van der Waals surface area (Å²) >= 11 is 0. The van der Waals surface area contributed by atoms with Crippen LogP contribution in [0.1, 0.15) is 18.5 Å². The van der Waals surface area contributed by atoms with E-state index in [0.29, 0.717) is 5.88 Å². The van der Waals surface area contributed by atoms with Gasteiger partial charge in [-0.1, -0.05) is 30.3 Å². The molecular weight excluding hydrogens is 300 g/mol. The Labute approximate surface area is 141 Å². The van der Waals surface area contributed by atoms with Crippen molar-refractivity contribution in [2.75, 3.05) is 12.4 Å². The number of pyridine rings is 1. The summed E-state index contributed by atoms with van der Waals surface area (Å²) in [4.78, 5) is 11.9. The number of nitrogens with zero attached hydrogens (tertiary/aromatic N) is 2. The molecule has 0 fully saturated rings. The lowest BCUT2D eigenvalue weighted by atomic mass is 10.1. The Balaban J connectivity index is 1.67. The van der Waals surface area contributed by atoms with Crippen molar-refractivity contribution in [1.82, 2.24) is 9.97 Å². The largest absolute Gasteiger partial charge is 0.481 e. The first kappa shape index (κ1) is 15.8. The summed E-state index contributed by atoms with van der Waals surface area (Å²) in [5.41, 5.74) is 3.13. The molecule has 2 heterocycles. The second-order valence-electron chi connectivity index (χ2n) is 5.37. The molecule has 5 nitrogen and oxygen atoms in total. The van der Waals surface area contributed by atoms with Gasteiger partial charge in [0.25, 0.3) is 0 Å². The predicted octanol–water partition coefficient (Wildman–Crippen LogP) is 4.29. The van der Waals surface area contributed by atoms with Crippen molar-refractivity contribution in [3.63, 3.8) is 0 Å². The van der Waals surface area contributed by atoms with Crippen LogP contribution in [0.2, 0.25) is 0 Å². The smallest absolute Gasteiger partial charge is 0.221 e. The van der Waals surface area contributed by atoms with Crippen LogP contribution in [0.25, 0.3) is 11.1 Å². The van der Waals surface area contributed by atoms with Gasteiger partial charge in [0.1, 0.15) is 5.82 Å². The Kier molecular flexibility index (Phi) is 4.91. The van der Waals surface area contributed by atoms with Crippen LogP contribution in [0.4, 0.5) is 5.82 Å². The van der Waals surface area contributed by atoms with Crippen LogP contribution in [0.15, 0.2) is 65.9 Å². The maximum Gasteiger partial charge on any atom is 0.221 e. The number of rotatable bonds is 6. The second-order valence-corrected chi connectivity index (χ2v) is 5.37. The molecule has 0 aliphatic carbocycles. The van der Waals surface area contributed by atoms with E-state index in [-0.39, 0.29) is 6.04 Å². The number of hydrogen-bond donors (Lipinski definition) is 2. The molecule has 24 heavy (non-hydrogen) atoms. The van der Waals surface area contributed by atoms with Crippen molar-refractivity contribution in [1.29, 1.82) is 0 Å². The number of anilines is 1. The van der Waals surface area contributed by atoms with Gasteiger partial charge in [0.15, 0.2) is 0 Å². The number of H-pyrrole nitrogens is 1. The van der Waals surface area contributed by atoms with Crippen molar-refractivity contribution < 1.29 is 4.74 Å². The summed E-state index contributed by atoms with van der Waals surface area (Å²) in [6.45, 7) is 2.06. The Bertz CT molecular complexity index is 811. The zero-order valence-electron chi connectivity index (χ0n) is 13.7. The van der Waals surface area contributed by atoms with E-state index in [9.17, 15) is 0 Å². The number of aliphatic imine (C=N–C) groups is 1. The first-order valence-corrected chi connectivity index (χ1v) is 7.79. The predicted molar refractivity (Wildman–Crippen MR) is 97.5 cm³/mol. The molecule has 1 aromatic carbocycles. The van der Waals surface area contributed by atoms with E-state index in [1.807, 2.05) is 42.6 Å². The van der Waals surface area contributed by atoms with Gasteiger partial charge in [-0.25, -0.2) is 4.98 Å². The van der Waals surface area contributed by atoms with Crippen LogP contribution in [0.5, 0.6) is 5.88 Å². The highest BCUT2D eigenvalue weighted by atomic mass is 16.5. The maximum absolute atomic E-state index is 5.30. The Morgan fingerprint density at radius 2 is 2.04 bits per heavy atom. The van der Waals surface area contributed by atoms with E-state index < -0.39 is 0 Å². The van der Waals surface area contributed by atoms with E-state index in [1.165, 1.54) is 5.56 Å². The minimum Gasteiger partial charge on any atom is -0.481 e. The van der Waals surface area contributed by atoms with Gasteiger partial charge in [0.05, 0.1) is 19.5 Å². The molecule has 0 amide bonds. The molecule has 0 spiro atoms. The number of methoxy groups -OCH3 is 1. The lowest BCUT2D eigenvalue weighted by molar-refractivity contribution is 0.399. The van der Waals surface area contributed by atoms with Crippen molar-refractivity contribution in [2.45, 2.75) is 13.0 Å². The van der Waals surface area contributed by atoms with Gasteiger partial charge in [-0.3, -0.25) is 4.99 Å². The minimum absolute atomic E-state index is 0.103. The van der Waals surface area contributed by atoms with Gasteiger partial charge in [0.2, 0.25) is 5.88 Å². The lowest BCUT2D eigenvalue weighted by Crippen LogP contribution is -1.97. The Morgan fingerprint density at radius 3 is 2.83 bits per heavy atom. The quantitative estimate of drug-likeness (QED) is 0.526. The summed E-state index contributed by atoms with van der Waals surface area (Å²) in [5.74, 6) is 1.47. The number of aromatic nitrogens is 2. The van der Waals surface area contributed by atoms with Crippen molar-refractivity contribution >= 4 is 12.2 Å². The molecule has 3 aromatic rings. The molecular formula is C19H20N4O. The number of hydrogen-bond acceptors (Lipinski definition) is 3. The third-order valence-electron chi connectivity index (χ3n) is 3.76. The number of benzene rings is 1. The third kappa shape index (κ3) is 3.63. The van der Waals surface area contributed by atoms with Crippen molar-refractivity contribution in [3.8, 4) is 17.0 Å². The third-order valence-corrected chi connectivity index (χ3v) is 3.76. The summed E-state index contributed by atoms with van der Waals surface area (Å²) < 4.78 is 5.30. The van der Waals surface area contributed by atoms with Gasteiger partial charge in [-0.15, -0.1) is 0 Å². The highest BCUT2D eigenvalue weighted by Crippen LogP contribution is 2.29. The maximum atomic E-state index is 5.30. The molecule has 0 radical (unpaired) electrons. The molecule has 5 heteroatoms. The van der Waals surface area contributed by atoms with Gasteiger partial charge in [-0.2, -0.15) is 0 Å². The zero-order chi connectivity index (χ0) is 16.8. The Morgan fingerprint density at radius 1 is 1.21 bits per heavy atom. The summed E-state index contributed by atoms with van der Waals surface area (Å²) in [7, 11) is 1.62. The highest BCUT2D eigenvalue weighted by molar-refractivity contribution is 5.78. The van der Waals surface area contributed by atoms with E-state index in [4.69, 9.17) is 4.74 Å². The fourth-order valence-electron chi connectivity index (χ4n) is 2.44. The van der Waals surface area contributed by atoms with E-state index >= 15 is 0 Å². The van der Waals surface area contributed by atoms with Crippen LogP contribution >= 0.6 is 0 Å². The van der Waals surface area contributed by atoms with Crippen molar-refractivity contribution in [2.24, 2.45) is 4.99 Å². The summed E-state index contributed by atoms with van der Waals surface area (Å²) in [6, 6.07) is 16.2. The molecule has 3 rings (SSSR count). The van der Waals surface area contributed by atoms with Gasteiger partial charge in [-0.05, 0) is 30.7 Å². The molecule has 0 saturated carbocycles. The van der Waals surface area contributed by atoms with Crippen molar-refractivity contribution in [3.05, 3.63) is 66.5 Å². The molecule has 0 bridgehead atoms. The molecule has 0 aliphatic heterocycles. The SMILES string of the molecule is COc1ncccc1-c1c[nH]c(NC=NC(C)c2ccccc2)c1. The number of nitrogens with one attached hydrogen (secondary N) is 2. The first-order valence-electron chi connectivity index (χ1n) is 7.79. The van der Waals surface area contributed by atoms with Gasteiger partial charge >= 0.3 is 0 Å². The van der Waals surface area contributed by atoms with Gasteiger partial charge in [0, 0.05) is 23.5 Å². The van der Waals surface area contributed by atoms with Crippen LogP contribution in [0.3, 0.4) is 0 Å². The lowest BCUT2D eigenvalue weighted by Gasteiger charge is -2.05. The van der Waals surface area contributed by atoms with Gasteiger partial charge < -0.3 is 15.0 Å². The molecule has 2 aromatic heterocycles. The van der Waals surface area contributed by atoms with Crippen LogP contribution in [-0.2, 0) is 0 Å². The van der Waals surface area contributed by atoms with Crippen LogP contribution < -0.4 is 10.1 Å². The molecule has 0 saturated heterocycles. The average Bonchev–Trinajstić information content (AvgIpc) is 3.11.